The second-order valence-corrected chi connectivity index (χ2v) is 4.48. The Kier molecular flexibility index (Phi) is 3.29. The van der Waals surface area contributed by atoms with Crippen molar-refractivity contribution in [1.29, 1.82) is 0 Å². The zero-order valence-corrected chi connectivity index (χ0v) is 9.11. The molecule has 1 fully saturated rings. The molecular formula is C12H19NO2. The summed E-state index contributed by atoms with van der Waals surface area (Å²) >= 11 is 0. The van der Waals surface area contributed by atoms with Crippen LogP contribution in [0.3, 0.4) is 0 Å². The predicted octanol–water partition coefficient (Wildman–Crippen LogP) is 2.38. The van der Waals surface area contributed by atoms with Crippen LogP contribution in [-0.2, 0) is 4.79 Å². The van der Waals surface area contributed by atoms with Crippen molar-refractivity contribution in [1.82, 2.24) is 4.90 Å². The Bertz CT molecular complexity index is 273. The zero-order chi connectivity index (χ0) is 10.7. The maximum absolute atomic E-state index is 11.1. The number of rotatable bonds is 1. The van der Waals surface area contributed by atoms with E-state index in [9.17, 15) is 9.90 Å². The third kappa shape index (κ3) is 2.33. The molecule has 15 heavy (non-hydrogen) atoms. The van der Waals surface area contributed by atoms with Crippen molar-refractivity contribution >= 4 is 5.97 Å². The van der Waals surface area contributed by atoms with Gasteiger partial charge < -0.3 is 10.0 Å². The molecule has 0 saturated carbocycles. The maximum atomic E-state index is 11.1. The van der Waals surface area contributed by atoms with Crippen LogP contribution in [0.4, 0.5) is 0 Å². The van der Waals surface area contributed by atoms with Gasteiger partial charge in [-0.25, -0.2) is 4.79 Å². The van der Waals surface area contributed by atoms with Crippen molar-refractivity contribution in [2.24, 2.45) is 0 Å². The summed E-state index contributed by atoms with van der Waals surface area (Å²) in [5.41, 5.74) is 1.29. The van der Waals surface area contributed by atoms with Gasteiger partial charge in [-0.1, -0.05) is 12.5 Å². The molecule has 3 heteroatoms. The largest absolute Gasteiger partial charge is 0.480 e. The van der Waals surface area contributed by atoms with Crippen molar-refractivity contribution in [2.75, 3.05) is 6.54 Å². The van der Waals surface area contributed by atoms with Crippen LogP contribution < -0.4 is 0 Å². The molecule has 1 N–H and O–H groups in total. The first-order valence-corrected chi connectivity index (χ1v) is 5.97. The SMILES string of the molecule is O=C(O)C1CCCC2=CCCCCCN21. The van der Waals surface area contributed by atoms with Gasteiger partial charge in [0.2, 0.25) is 0 Å². The third-order valence-electron chi connectivity index (χ3n) is 3.42. The number of nitrogens with zero attached hydrogens (tertiary/aromatic N) is 1. The highest BCUT2D eigenvalue weighted by Gasteiger charge is 2.30. The lowest BCUT2D eigenvalue weighted by molar-refractivity contribution is -0.143. The normalized spacial score (nSPS) is 27.3. The second kappa shape index (κ2) is 4.69. The molecule has 0 radical (unpaired) electrons. The molecule has 0 aromatic rings. The fourth-order valence-corrected chi connectivity index (χ4v) is 2.62. The molecule has 3 nitrogen and oxygen atoms in total. The van der Waals surface area contributed by atoms with Crippen molar-refractivity contribution in [2.45, 2.75) is 51.0 Å². The fraction of sp³-hybridized carbons (Fsp3) is 0.750. The van der Waals surface area contributed by atoms with Crippen LogP contribution in [-0.4, -0.2) is 28.6 Å². The van der Waals surface area contributed by atoms with Crippen LogP contribution in [0.25, 0.3) is 0 Å². The predicted molar refractivity (Wildman–Crippen MR) is 58.5 cm³/mol. The molecule has 2 aliphatic heterocycles. The van der Waals surface area contributed by atoms with E-state index in [0.717, 1.165) is 38.6 Å². The molecule has 2 rings (SSSR count). The van der Waals surface area contributed by atoms with Crippen molar-refractivity contribution < 1.29 is 9.90 Å². The summed E-state index contributed by atoms with van der Waals surface area (Å²) in [5, 5.41) is 9.17. The van der Waals surface area contributed by atoms with Gasteiger partial charge in [0.05, 0.1) is 0 Å². The molecule has 1 atom stereocenters. The average molecular weight is 209 g/mol. The van der Waals surface area contributed by atoms with Crippen molar-refractivity contribution in [3.63, 3.8) is 0 Å². The topological polar surface area (TPSA) is 40.5 Å². The first-order chi connectivity index (χ1) is 7.29. The number of piperidine rings is 1. The second-order valence-electron chi connectivity index (χ2n) is 4.48. The zero-order valence-electron chi connectivity index (χ0n) is 9.11. The minimum atomic E-state index is -0.652. The van der Waals surface area contributed by atoms with Crippen LogP contribution in [0.2, 0.25) is 0 Å². The van der Waals surface area contributed by atoms with Gasteiger partial charge in [-0.15, -0.1) is 0 Å². The van der Waals surface area contributed by atoms with E-state index in [2.05, 4.69) is 11.0 Å². The van der Waals surface area contributed by atoms with Crippen LogP contribution >= 0.6 is 0 Å². The van der Waals surface area contributed by atoms with E-state index in [-0.39, 0.29) is 6.04 Å². The molecule has 0 aromatic heterocycles. The number of carboxylic acid groups (broad SMARTS) is 1. The van der Waals surface area contributed by atoms with E-state index in [1.165, 1.54) is 18.5 Å². The summed E-state index contributed by atoms with van der Waals surface area (Å²) < 4.78 is 0. The number of carboxylic acids is 1. The Labute approximate surface area is 90.8 Å². The lowest BCUT2D eigenvalue weighted by Crippen LogP contribution is -2.44. The number of aliphatic carboxylic acids is 1. The van der Waals surface area contributed by atoms with Crippen molar-refractivity contribution in [3.8, 4) is 0 Å². The lowest BCUT2D eigenvalue weighted by atomic mass is 9.96. The Morgan fingerprint density at radius 1 is 1.33 bits per heavy atom. The van der Waals surface area contributed by atoms with E-state index in [1.54, 1.807) is 0 Å². The molecule has 2 heterocycles. The molecule has 1 unspecified atom stereocenters. The van der Waals surface area contributed by atoms with Gasteiger partial charge in [-0.3, -0.25) is 0 Å². The molecule has 0 aliphatic carbocycles. The monoisotopic (exact) mass is 209 g/mol. The highest BCUT2D eigenvalue weighted by molar-refractivity contribution is 5.74. The molecule has 84 valence electrons. The number of fused-ring (bicyclic) bond motifs is 1. The van der Waals surface area contributed by atoms with Crippen molar-refractivity contribution in [3.05, 3.63) is 11.8 Å². The molecule has 1 saturated heterocycles. The van der Waals surface area contributed by atoms with Gasteiger partial charge in [-0.2, -0.15) is 0 Å². The highest BCUT2D eigenvalue weighted by Crippen LogP contribution is 2.28. The van der Waals surface area contributed by atoms with Crippen LogP contribution in [0.1, 0.15) is 44.9 Å². The smallest absolute Gasteiger partial charge is 0.326 e. The number of carbonyl (C=O) groups is 1. The lowest BCUT2D eigenvalue weighted by Gasteiger charge is -2.38. The average Bonchev–Trinajstić information content (AvgIpc) is 2.17. The molecule has 0 bridgehead atoms. The summed E-state index contributed by atoms with van der Waals surface area (Å²) in [7, 11) is 0. The summed E-state index contributed by atoms with van der Waals surface area (Å²) in [6.45, 7) is 0.933. The quantitative estimate of drug-likeness (QED) is 0.720. The fourth-order valence-electron chi connectivity index (χ4n) is 2.62. The summed E-state index contributed by atoms with van der Waals surface area (Å²) in [6, 6.07) is -0.261. The van der Waals surface area contributed by atoms with Gasteiger partial charge in [0.1, 0.15) is 6.04 Å². The molecule has 0 spiro atoms. The minimum Gasteiger partial charge on any atom is -0.480 e. The van der Waals surface area contributed by atoms with Crippen LogP contribution in [0, 0.1) is 0 Å². The first-order valence-electron chi connectivity index (χ1n) is 5.97. The molecule has 0 amide bonds. The van der Waals surface area contributed by atoms with E-state index in [4.69, 9.17) is 0 Å². The van der Waals surface area contributed by atoms with Crippen LogP contribution in [0.5, 0.6) is 0 Å². The minimum absolute atomic E-state index is 0.261. The van der Waals surface area contributed by atoms with Gasteiger partial charge in [-0.05, 0) is 38.5 Å². The number of hydrogen-bond acceptors (Lipinski definition) is 2. The summed E-state index contributed by atoms with van der Waals surface area (Å²) in [5.74, 6) is -0.652. The number of allylic oxidation sites excluding steroid dienone is 2. The van der Waals surface area contributed by atoms with Gasteiger partial charge in [0.25, 0.3) is 0 Å². The Morgan fingerprint density at radius 3 is 3.00 bits per heavy atom. The molecule has 0 aromatic carbocycles. The summed E-state index contributed by atoms with van der Waals surface area (Å²) in [6.07, 6.45) is 9.92. The van der Waals surface area contributed by atoms with Gasteiger partial charge >= 0.3 is 5.97 Å². The first kappa shape index (κ1) is 10.5. The van der Waals surface area contributed by atoms with E-state index in [1.807, 2.05) is 0 Å². The molecular weight excluding hydrogens is 190 g/mol. The Balaban J connectivity index is 2.16. The summed E-state index contributed by atoms with van der Waals surface area (Å²) in [4.78, 5) is 13.3. The maximum Gasteiger partial charge on any atom is 0.326 e. The van der Waals surface area contributed by atoms with Gasteiger partial charge in [0, 0.05) is 12.2 Å². The highest BCUT2D eigenvalue weighted by atomic mass is 16.4. The third-order valence-corrected chi connectivity index (χ3v) is 3.42. The molecule has 2 aliphatic rings. The standard InChI is InChI=1S/C12H19NO2/c14-12(15)11-8-5-7-10-6-3-1-2-4-9-13(10)11/h6,11H,1-5,7-9H2,(H,14,15). The van der Waals surface area contributed by atoms with E-state index < -0.39 is 5.97 Å². The van der Waals surface area contributed by atoms with E-state index in [0.29, 0.717) is 0 Å². The van der Waals surface area contributed by atoms with Gasteiger partial charge in [0.15, 0.2) is 0 Å². The Hall–Kier alpha value is -0.990. The van der Waals surface area contributed by atoms with Crippen LogP contribution in [0.15, 0.2) is 11.8 Å². The Morgan fingerprint density at radius 2 is 2.20 bits per heavy atom. The number of hydrogen-bond donors (Lipinski definition) is 1. The van der Waals surface area contributed by atoms with E-state index >= 15 is 0 Å².